The van der Waals surface area contributed by atoms with E-state index in [4.69, 9.17) is 4.98 Å². The summed E-state index contributed by atoms with van der Waals surface area (Å²) in [6.07, 6.45) is 12.2. The fraction of sp³-hybridized carbons (Fsp3) is 0.473. The molecule has 2 saturated carbocycles. The molecular weight excluding hydrogens is 797 g/mol. The van der Waals surface area contributed by atoms with Gasteiger partial charge in [0.25, 0.3) is 0 Å². The molecule has 2 aliphatic rings. The van der Waals surface area contributed by atoms with Crippen molar-refractivity contribution in [1.29, 1.82) is 0 Å². The van der Waals surface area contributed by atoms with Crippen molar-refractivity contribution in [2.24, 2.45) is 17.8 Å². The molecule has 0 spiro atoms. The molecule has 0 radical (unpaired) electrons. The minimum atomic E-state index is -1.16. The van der Waals surface area contributed by atoms with Crippen molar-refractivity contribution in [1.82, 2.24) is 19.8 Å². The number of carbonyl (C=O) groups excluding carboxylic acids is 2. The lowest BCUT2D eigenvalue weighted by Gasteiger charge is -2.38. The topological polar surface area (TPSA) is 128 Å². The van der Waals surface area contributed by atoms with Crippen LogP contribution in [0.2, 0.25) is 0 Å². The van der Waals surface area contributed by atoms with Crippen LogP contribution in [0.15, 0.2) is 134 Å². The quantitative estimate of drug-likeness (QED) is 0.0578. The molecule has 4 aromatic carbocycles. The Balaban J connectivity index is 1.26. The van der Waals surface area contributed by atoms with E-state index < -0.39 is 35.3 Å². The van der Waals surface area contributed by atoms with Crippen molar-refractivity contribution >= 4 is 11.8 Å². The molecule has 2 amide bonds. The monoisotopic (exact) mass is 867 g/mol. The summed E-state index contributed by atoms with van der Waals surface area (Å²) in [5, 5.41) is 38.1. The number of carbonyl (C=O) groups is 2. The highest BCUT2D eigenvalue weighted by Gasteiger charge is 2.40. The summed E-state index contributed by atoms with van der Waals surface area (Å²) in [7, 11) is 0. The van der Waals surface area contributed by atoms with Crippen LogP contribution in [0.4, 0.5) is 0 Å². The largest absolute Gasteiger partial charge is 0.390 e. The lowest BCUT2D eigenvalue weighted by Crippen LogP contribution is -2.52. The first kappa shape index (κ1) is 46.9. The first-order valence-corrected chi connectivity index (χ1v) is 23.9. The predicted octanol–water partition coefficient (Wildman–Crippen LogP) is 9.22. The Morgan fingerprint density at radius 1 is 0.781 bits per heavy atom. The zero-order chi connectivity index (χ0) is 44.9. The molecule has 9 heteroatoms. The third-order valence-corrected chi connectivity index (χ3v) is 13.8. The van der Waals surface area contributed by atoms with Gasteiger partial charge in [0, 0.05) is 32.1 Å². The molecule has 1 aromatic heterocycles. The van der Waals surface area contributed by atoms with Crippen LogP contribution in [0, 0.1) is 17.8 Å². The van der Waals surface area contributed by atoms with E-state index in [-0.39, 0.29) is 37.1 Å². The second kappa shape index (κ2) is 22.2. The van der Waals surface area contributed by atoms with Crippen molar-refractivity contribution in [2.75, 3.05) is 6.54 Å². The van der Waals surface area contributed by atoms with E-state index in [2.05, 4.69) is 46.3 Å². The highest BCUT2D eigenvalue weighted by Crippen LogP contribution is 2.41. The number of nitrogens with zero attached hydrogens (tertiary/aromatic N) is 3. The van der Waals surface area contributed by atoms with E-state index in [0.717, 1.165) is 67.2 Å². The molecule has 4 atom stereocenters. The molecule has 0 saturated heterocycles. The van der Waals surface area contributed by atoms with Crippen LogP contribution in [-0.2, 0) is 28.1 Å². The van der Waals surface area contributed by atoms with Crippen LogP contribution in [-0.4, -0.2) is 72.0 Å². The van der Waals surface area contributed by atoms with Gasteiger partial charge in [-0.25, -0.2) is 4.98 Å². The van der Waals surface area contributed by atoms with Crippen LogP contribution < -0.4 is 5.32 Å². The van der Waals surface area contributed by atoms with Gasteiger partial charge in [-0.3, -0.25) is 9.59 Å². The van der Waals surface area contributed by atoms with E-state index in [0.29, 0.717) is 43.8 Å². The van der Waals surface area contributed by atoms with Gasteiger partial charge in [-0.2, -0.15) is 0 Å². The summed E-state index contributed by atoms with van der Waals surface area (Å²) >= 11 is 0. The lowest BCUT2D eigenvalue weighted by atomic mass is 9.77. The van der Waals surface area contributed by atoms with Gasteiger partial charge < -0.3 is 30.1 Å². The van der Waals surface area contributed by atoms with Gasteiger partial charge in [0.05, 0.1) is 35.7 Å². The number of rotatable bonds is 20. The SMILES string of the molecule is CC(C)C[C@H](O)[C@H](O)[C@H](CC1CCCCC1)NC(=O)[C@@H](CC(=O)N(Cc1ccccc1)CC1(O)CCCCC1)Cc1cn(C(c2ccccc2)(c2ccccc2)c2ccccc2)cn1. The van der Waals surface area contributed by atoms with E-state index in [1.165, 1.54) is 6.42 Å². The minimum absolute atomic E-state index is 0.121. The number of aromatic nitrogens is 2. The highest BCUT2D eigenvalue weighted by atomic mass is 16.3. The maximum absolute atomic E-state index is 15.0. The van der Waals surface area contributed by atoms with Crippen molar-refractivity contribution in [3.8, 4) is 0 Å². The fourth-order valence-electron chi connectivity index (χ4n) is 10.5. The van der Waals surface area contributed by atoms with Gasteiger partial charge in [-0.1, -0.05) is 187 Å². The molecule has 9 nitrogen and oxygen atoms in total. The molecular formula is C55H70N4O5. The summed E-state index contributed by atoms with van der Waals surface area (Å²) in [5.74, 6) is -0.969. The summed E-state index contributed by atoms with van der Waals surface area (Å²) in [6, 6.07) is 40.2. The standard InChI is InChI=1S/C55H70N4O5/c1-41(2)33-50(60)52(62)49(34-42-21-9-3-10-22-42)57-53(63)44(36-51(61)58(37-43-23-11-4-12-24-43)39-54(64)31-19-8-20-32-54)35-48-38-59(40-56-48)55(45-25-13-5-14-26-45,46-27-15-6-16-28-46)47-29-17-7-18-30-47/h4-7,11-18,23-30,38,40-42,44,49-50,52,60,62,64H,3,8-10,19-22,31-37,39H2,1-2H3,(H,57,63)/t44-,49+,50+,52-/m1/s1. The summed E-state index contributed by atoms with van der Waals surface area (Å²) < 4.78 is 2.12. The van der Waals surface area contributed by atoms with Gasteiger partial charge in [-0.15, -0.1) is 0 Å². The second-order valence-corrected chi connectivity index (χ2v) is 19.2. The average molecular weight is 867 g/mol. The molecule has 7 rings (SSSR count). The van der Waals surface area contributed by atoms with Crippen molar-refractivity contribution in [2.45, 2.75) is 140 Å². The Bertz CT molecular complexity index is 2070. The fourth-order valence-corrected chi connectivity index (χ4v) is 10.5. The average Bonchev–Trinajstić information content (AvgIpc) is 3.78. The van der Waals surface area contributed by atoms with Gasteiger partial charge >= 0.3 is 0 Å². The lowest BCUT2D eigenvalue weighted by molar-refractivity contribution is -0.141. The van der Waals surface area contributed by atoms with Gasteiger partial charge in [-0.05, 0) is 59.8 Å². The van der Waals surface area contributed by atoms with Crippen molar-refractivity contribution in [3.05, 3.63) is 162 Å². The summed E-state index contributed by atoms with van der Waals surface area (Å²) in [4.78, 5) is 36.6. The number of hydrogen-bond acceptors (Lipinski definition) is 6. The van der Waals surface area contributed by atoms with E-state index in [1.54, 1.807) is 4.90 Å². The number of aliphatic hydroxyl groups excluding tert-OH is 2. The molecule has 4 N–H and O–H groups in total. The van der Waals surface area contributed by atoms with E-state index >= 15 is 4.79 Å². The van der Waals surface area contributed by atoms with Crippen LogP contribution in [0.25, 0.3) is 0 Å². The van der Waals surface area contributed by atoms with Gasteiger partial charge in [0.2, 0.25) is 11.8 Å². The van der Waals surface area contributed by atoms with Crippen LogP contribution in [0.3, 0.4) is 0 Å². The first-order chi connectivity index (χ1) is 31.0. The normalized spacial score (nSPS) is 17.6. The third kappa shape index (κ3) is 11.8. The molecule has 340 valence electrons. The number of hydrogen-bond donors (Lipinski definition) is 4. The Kier molecular flexibility index (Phi) is 16.3. The number of benzene rings is 4. The number of nitrogens with one attached hydrogen (secondary N) is 1. The maximum atomic E-state index is 15.0. The van der Waals surface area contributed by atoms with Crippen molar-refractivity contribution in [3.63, 3.8) is 0 Å². The first-order valence-electron chi connectivity index (χ1n) is 23.9. The molecule has 0 unspecified atom stereocenters. The van der Waals surface area contributed by atoms with Crippen LogP contribution in [0.1, 0.15) is 125 Å². The molecule has 0 aliphatic heterocycles. The third-order valence-electron chi connectivity index (χ3n) is 13.8. The number of aliphatic hydroxyl groups is 3. The Labute approximate surface area is 381 Å². The zero-order valence-electron chi connectivity index (χ0n) is 38.0. The molecule has 2 aliphatic carbocycles. The molecule has 0 bridgehead atoms. The molecule has 64 heavy (non-hydrogen) atoms. The molecule has 2 fully saturated rings. The van der Waals surface area contributed by atoms with E-state index in [9.17, 15) is 20.1 Å². The van der Waals surface area contributed by atoms with Gasteiger partial charge in [0.1, 0.15) is 11.6 Å². The predicted molar refractivity (Wildman–Crippen MR) is 253 cm³/mol. The summed E-state index contributed by atoms with van der Waals surface area (Å²) in [6.45, 7) is 4.52. The molecule has 5 aromatic rings. The van der Waals surface area contributed by atoms with Crippen molar-refractivity contribution < 1.29 is 24.9 Å². The zero-order valence-corrected chi connectivity index (χ0v) is 38.0. The Morgan fingerprint density at radius 3 is 1.86 bits per heavy atom. The van der Waals surface area contributed by atoms with Gasteiger partial charge in [0.15, 0.2) is 0 Å². The number of amides is 2. The van der Waals surface area contributed by atoms with Crippen LogP contribution >= 0.6 is 0 Å². The highest BCUT2D eigenvalue weighted by molar-refractivity contribution is 5.86. The number of imidazole rings is 1. The van der Waals surface area contributed by atoms with Crippen LogP contribution in [0.5, 0.6) is 0 Å². The minimum Gasteiger partial charge on any atom is -0.390 e. The second-order valence-electron chi connectivity index (χ2n) is 19.2. The maximum Gasteiger partial charge on any atom is 0.224 e. The van der Waals surface area contributed by atoms with E-state index in [1.807, 2.05) is 111 Å². The Hall–Kier alpha value is -5.09. The Morgan fingerprint density at radius 2 is 1.31 bits per heavy atom. The summed E-state index contributed by atoms with van der Waals surface area (Å²) in [5.41, 5.74) is 2.89. The molecule has 1 heterocycles. The smallest absolute Gasteiger partial charge is 0.224 e.